The highest BCUT2D eigenvalue weighted by atomic mass is 35.5. The largest absolute Gasteiger partial charge is 0.350 e. The molecule has 1 amide bonds. The Labute approximate surface area is 205 Å². The molecule has 0 unspecified atom stereocenters. The van der Waals surface area contributed by atoms with Crippen molar-refractivity contribution in [3.63, 3.8) is 0 Å². The highest BCUT2D eigenvalue weighted by molar-refractivity contribution is 6.31. The minimum atomic E-state index is -0.257. The molecule has 4 rings (SSSR count). The molecule has 174 valence electrons. The number of aromatic amines is 1. The first-order chi connectivity index (χ1) is 16.6. The molecule has 0 saturated carbocycles. The van der Waals surface area contributed by atoms with Crippen LogP contribution in [-0.2, 0) is 6.42 Å². The highest BCUT2D eigenvalue weighted by Crippen LogP contribution is 2.32. The first-order valence-electron chi connectivity index (χ1n) is 11.9. The summed E-state index contributed by atoms with van der Waals surface area (Å²) in [5, 5.41) is 4.26. The van der Waals surface area contributed by atoms with Crippen LogP contribution in [0.15, 0.2) is 72.8 Å². The van der Waals surface area contributed by atoms with Gasteiger partial charge in [0.05, 0.1) is 5.69 Å². The number of hydrogen-bond donors (Lipinski definition) is 2. The Morgan fingerprint density at radius 1 is 0.853 bits per heavy atom. The topological polar surface area (TPSA) is 62.0 Å². The number of benzene rings is 3. The number of amides is 1. The zero-order valence-electron chi connectivity index (χ0n) is 19.4. The molecular weight excluding hydrogens is 444 g/mol. The maximum absolute atomic E-state index is 13.2. The number of carbonyl (C=O) groups excluding carboxylic acids is 2. The van der Waals surface area contributed by atoms with Crippen molar-refractivity contribution in [3.8, 4) is 0 Å². The molecule has 4 nitrogen and oxygen atoms in total. The summed E-state index contributed by atoms with van der Waals surface area (Å²) in [5.74, 6) is -0.450. The van der Waals surface area contributed by atoms with Crippen molar-refractivity contribution in [1.82, 2.24) is 4.98 Å². The number of aromatic nitrogens is 1. The van der Waals surface area contributed by atoms with Crippen LogP contribution in [0.4, 0.5) is 5.69 Å². The van der Waals surface area contributed by atoms with E-state index in [2.05, 4.69) is 17.2 Å². The molecule has 1 heterocycles. The number of nitrogens with one attached hydrogen (secondary N) is 2. The second-order valence-electron chi connectivity index (χ2n) is 8.58. The number of halogens is 1. The van der Waals surface area contributed by atoms with Crippen LogP contribution in [0.25, 0.3) is 10.9 Å². The Morgan fingerprint density at radius 3 is 2.32 bits per heavy atom. The van der Waals surface area contributed by atoms with Gasteiger partial charge in [0, 0.05) is 27.1 Å². The van der Waals surface area contributed by atoms with E-state index in [1.807, 2.05) is 48.5 Å². The van der Waals surface area contributed by atoms with E-state index in [4.69, 9.17) is 11.6 Å². The molecular formula is C29H29ClN2O2. The SMILES string of the molecule is CCCCCCCc1ccc(C(=O)Nc2c(C(=O)c3ccccc3)[nH]c3cc(Cl)ccc23)cc1. The van der Waals surface area contributed by atoms with Gasteiger partial charge in [-0.15, -0.1) is 0 Å². The number of unbranched alkanes of at least 4 members (excludes halogenated alkanes) is 4. The molecule has 4 aromatic rings. The van der Waals surface area contributed by atoms with E-state index < -0.39 is 0 Å². The van der Waals surface area contributed by atoms with Crippen molar-refractivity contribution < 1.29 is 9.59 Å². The van der Waals surface area contributed by atoms with E-state index in [1.54, 1.807) is 24.3 Å². The average molecular weight is 473 g/mol. The smallest absolute Gasteiger partial charge is 0.255 e. The molecule has 0 saturated heterocycles. The van der Waals surface area contributed by atoms with Gasteiger partial charge in [0.25, 0.3) is 5.91 Å². The second-order valence-corrected chi connectivity index (χ2v) is 9.01. The van der Waals surface area contributed by atoms with E-state index in [1.165, 1.54) is 31.2 Å². The number of carbonyl (C=O) groups is 2. The Morgan fingerprint density at radius 2 is 1.59 bits per heavy atom. The molecule has 0 aliphatic rings. The van der Waals surface area contributed by atoms with Gasteiger partial charge in [-0.3, -0.25) is 9.59 Å². The maximum Gasteiger partial charge on any atom is 0.255 e. The Kier molecular flexibility index (Phi) is 7.81. The maximum atomic E-state index is 13.2. The molecule has 2 N–H and O–H groups in total. The predicted octanol–water partition coefficient (Wildman–Crippen LogP) is 7.82. The third-order valence-corrected chi connectivity index (χ3v) is 6.28. The third kappa shape index (κ3) is 5.57. The van der Waals surface area contributed by atoms with Gasteiger partial charge in [-0.1, -0.05) is 86.7 Å². The minimum Gasteiger partial charge on any atom is -0.350 e. The van der Waals surface area contributed by atoms with Gasteiger partial charge in [-0.05, 0) is 48.7 Å². The zero-order chi connectivity index (χ0) is 23.9. The molecule has 0 spiro atoms. The van der Waals surface area contributed by atoms with Crippen molar-refractivity contribution in [2.75, 3.05) is 5.32 Å². The summed E-state index contributed by atoms with van der Waals surface area (Å²) < 4.78 is 0. The molecule has 0 bridgehead atoms. The summed E-state index contributed by atoms with van der Waals surface area (Å²) in [5.41, 5.74) is 3.82. The summed E-state index contributed by atoms with van der Waals surface area (Å²) in [6, 6.07) is 22.0. The number of H-pyrrole nitrogens is 1. The van der Waals surface area contributed by atoms with Crippen LogP contribution in [0, 0.1) is 0 Å². The van der Waals surface area contributed by atoms with Gasteiger partial charge in [0.2, 0.25) is 5.78 Å². The van der Waals surface area contributed by atoms with Crippen molar-refractivity contribution in [1.29, 1.82) is 0 Å². The van der Waals surface area contributed by atoms with Crippen LogP contribution >= 0.6 is 11.6 Å². The van der Waals surface area contributed by atoms with E-state index >= 15 is 0 Å². The third-order valence-electron chi connectivity index (χ3n) is 6.05. The fraction of sp³-hybridized carbons (Fsp3) is 0.241. The fourth-order valence-electron chi connectivity index (χ4n) is 4.14. The van der Waals surface area contributed by atoms with E-state index in [0.717, 1.165) is 18.2 Å². The molecule has 5 heteroatoms. The second kappa shape index (κ2) is 11.2. The molecule has 3 aromatic carbocycles. The summed E-state index contributed by atoms with van der Waals surface area (Å²) in [6.45, 7) is 2.22. The fourth-order valence-corrected chi connectivity index (χ4v) is 4.32. The Balaban J connectivity index is 1.55. The van der Waals surface area contributed by atoms with Crippen LogP contribution in [0.5, 0.6) is 0 Å². The van der Waals surface area contributed by atoms with Crippen molar-refractivity contribution in [2.24, 2.45) is 0 Å². The van der Waals surface area contributed by atoms with Crippen LogP contribution < -0.4 is 5.32 Å². The Bertz CT molecular complexity index is 1280. The monoisotopic (exact) mass is 472 g/mol. The lowest BCUT2D eigenvalue weighted by Crippen LogP contribution is -2.15. The standard InChI is InChI=1S/C29H29ClN2O2/c1-2-3-4-5-7-10-20-13-15-22(16-14-20)29(34)32-26-24-18-17-23(30)19-25(24)31-27(26)28(33)21-11-8-6-9-12-21/h6,8-9,11-19,31H,2-5,7,10H2,1H3,(H,32,34). The quantitative estimate of drug-likeness (QED) is 0.182. The molecule has 0 aliphatic heterocycles. The summed E-state index contributed by atoms with van der Waals surface area (Å²) in [6.07, 6.45) is 7.22. The normalized spacial score (nSPS) is 11.0. The summed E-state index contributed by atoms with van der Waals surface area (Å²) in [7, 11) is 0. The number of ketones is 1. The van der Waals surface area contributed by atoms with Crippen LogP contribution in [0.1, 0.15) is 71.0 Å². The predicted molar refractivity (Wildman–Crippen MR) is 140 cm³/mol. The minimum absolute atomic E-state index is 0.193. The number of rotatable bonds is 10. The molecule has 0 aliphatic carbocycles. The molecule has 34 heavy (non-hydrogen) atoms. The number of aryl methyl sites for hydroxylation is 1. The van der Waals surface area contributed by atoms with Crippen LogP contribution in [0.3, 0.4) is 0 Å². The van der Waals surface area contributed by atoms with Gasteiger partial charge in [0.15, 0.2) is 0 Å². The van der Waals surface area contributed by atoms with E-state index in [0.29, 0.717) is 33.0 Å². The van der Waals surface area contributed by atoms with Crippen LogP contribution in [0.2, 0.25) is 5.02 Å². The van der Waals surface area contributed by atoms with Crippen molar-refractivity contribution in [2.45, 2.75) is 45.4 Å². The molecule has 0 radical (unpaired) electrons. The lowest BCUT2D eigenvalue weighted by Gasteiger charge is -2.09. The van der Waals surface area contributed by atoms with E-state index in [9.17, 15) is 9.59 Å². The highest BCUT2D eigenvalue weighted by Gasteiger charge is 2.21. The van der Waals surface area contributed by atoms with E-state index in [-0.39, 0.29) is 11.7 Å². The van der Waals surface area contributed by atoms with Crippen molar-refractivity contribution in [3.05, 3.63) is 100 Å². The van der Waals surface area contributed by atoms with Gasteiger partial charge in [-0.2, -0.15) is 0 Å². The number of fused-ring (bicyclic) bond motifs is 1. The van der Waals surface area contributed by atoms with Gasteiger partial charge >= 0.3 is 0 Å². The summed E-state index contributed by atoms with van der Waals surface area (Å²) in [4.78, 5) is 29.5. The lowest BCUT2D eigenvalue weighted by atomic mass is 10.0. The summed E-state index contributed by atoms with van der Waals surface area (Å²) >= 11 is 6.16. The van der Waals surface area contributed by atoms with Gasteiger partial charge in [-0.25, -0.2) is 0 Å². The number of hydrogen-bond acceptors (Lipinski definition) is 2. The average Bonchev–Trinajstić information content (AvgIpc) is 3.21. The zero-order valence-corrected chi connectivity index (χ0v) is 20.1. The first kappa shape index (κ1) is 23.8. The molecule has 0 atom stereocenters. The molecule has 0 fully saturated rings. The van der Waals surface area contributed by atoms with Crippen LogP contribution in [-0.4, -0.2) is 16.7 Å². The van der Waals surface area contributed by atoms with Crippen molar-refractivity contribution >= 4 is 39.9 Å². The first-order valence-corrected chi connectivity index (χ1v) is 12.3. The lowest BCUT2D eigenvalue weighted by molar-refractivity contribution is 0.102. The molecule has 1 aromatic heterocycles. The number of anilines is 1. The Hall–Kier alpha value is -3.37. The van der Waals surface area contributed by atoms with Gasteiger partial charge in [0.1, 0.15) is 5.69 Å². The van der Waals surface area contributed by atoms with Gasteiger partial charge < -0.3 is 10.3 Å².